The number of quaternary nitrogens is 1. The van der Waals surface area contributed by atoms with Crippen molar-refractivity contribution in [3.63, 3.8) is 0 Å². The summed E-state index contributed by atoms with van der Waals surface area (Å²) < 4.78 is 37.7. The van der Waals surface area contributed by atoms with E-state index in [0.29, 0.717) is 36.3 Å². The van der Waals surface area contributed by atoms with Crippen LogP contribution in [-0.4, -0.2) is 49.2 Å². The molecule has 0 atom stereocenters. The standard InChI is InChI=1S/C25H31F2N3O3.ClH/c26-11-3-16-32-23-9-8-20(18-24(23)33-17-4-12-27)10-14-28-13-5-15-30-19-29-22-7-2-1-6-21(22)25(30)31;/h1-2,6-9,18-19,28H,3-5,10-17H2;1H. The average Bonchev–Trinajstić information content (AvgIpc) is 2.84. The van der Waals surface area contributed by atoms with Gasteiger partial charge in [-0.1, -0.05) is 18.2 Å². The van der Waals surface area contributed by atoms with Gasteiger partial charge in [0.1, 0.15) is 0 Å². The highest BCUT2D eigenvalue weighted by molar-refractivity contribution is 5.76. The van der Waals surface area contributed by atoms with Crippen LogP contribution in [0.5, 0.6) is 11.5 Å². The molecular formula is C25H32ClF2N3O3. The molecular weight excluding hydrogens is 464 g/mol. The van der Waals surface area contributed by atoms with Crippen molar-refractivity contribution >= 4 is 10.9 Å². The number of para-hydroxylation sites is 1. The summed E-state index contributed by atoms with van der Waals surface area (Å²) in [6.07, 6.45) is 3.95. The van der Waals surface area contributed by atoms with E-state index >= 15 is 0 Å². The lowest BCUT2D eigenvalue weighted by Crippen LogP contribution is -3.00. The van der Waals surface area contributed by atoms with Crippen LogP contribution in [0.4, 0.5) is 8.78 Å². The molecule has 0 bridgehead atoms. The number of aryl methyl sites for hydroxylation is 1. The van der Waals surface area contributed by atoms with Gasteiger partial charge in [-0.25, -0.2) is 4.98 Å². The van der Waals surface area contributed by atoms with Crippen molar-refractivity contribution < 1.29 is 36.0 Å². The van der Waals surface area contributed by atoms with E-state index in [1.165, 1.54) is 0 Å². The van der Waals surface area contributed by atoms with Crippen LogP contribution in [0.3, 0.4) is 0 Å². The highest BCUT2D eigenvalue weighted by atomic mass is 35.5. The first kappa shape index (κ1) is 27.5. The molecule has 1 heterocycles. The van der Waals surface area contributed by atoms with Gasteiger partial charge in [-0.05, 0) is 29.8 Å². The van der Waals surface area contributed by atoms with Crippen LogP contribution in [0.2, 0.25) is 0 Å². The van der Waals surface area contributed by atoms with Gasteiger partial charge in [0.25, 0.3) is 5.56 Å². The number of rotatable bonds is 15. The van der Waals surface area contributed by atoms with Gasteiger partial charge in [-0.2, -0.15) is 0 Å². The number of hydrogen-bond donors (Lipinski definition) is 1. The molecule has 0 radical (unpaired) electrons. The molecule has 0 saturated carbocycles. The molecule has 0 aliphatic carbocycles. The number of benzene rings is 2. The maximum Gasteiger partial charge on any atom is 0.261 e. The molecule has 3 rings (SSSR count). The Labute approximate surface area is 204 Å². The first-order chi connectivity index (χ1) is 16.2. The molecule has 1 aromatic heterocycles. The van der Waals surface area contributed by atoms with Gasteiger partial charge in [0.15, 0.2) is 11.5 Å². The molecule has 34 heavy (non-hydrogen) atoms. The predicted octanol–water partition coefficient (Wildman–Crippen LogP) is 0.0735. The summed E-state index contributed by atoms with van der Waals surface area (Å²) in [7, 11) is 0. The van der Waals surface area contributed by atoms with E-state index < -0.39 is 13.3 Å². The van der Waals surface area contributed by atoms with Crippen molar-refractivity contribution in [1.82, 2.24) is 9.55 Å². The van der Waals surface area contributed by atoms with E-state index in [1.54, 1.807) is 17.0 Å². The molecule has 3 aromatic rings. The van der Waals surface area contributed by atoms with Crippen molar-refractivity contribution in [2.45, 2.75) is 32.2 Å². The lowest BCUT2D eigenvalue weighted by atomic mass is 10.1. The maximum atomic E-state index is 12.5. The largest absolute Gasteiger partial charge is 1.00 e. The normalized spacial score (nSPS) is 10.8. The second kappa shape index (κ2) is 15.2. The number of hydrogen-bond acceptors (Lipinski definition) is 4. The number of fused-ring (bicyclic) bond motifs is 1. The summed E-state index contributed by atoms with van der Waals surface area (Å²) in [5.41, 5.74) is 1.81. The van der Waals surface area contributed by atoms with Crippen LogP contribution in [-0.2, 0) is 13.0 Å². The Kier molecular flexibility index (Phi) is 12.3. The molecule has 9 heteroatoms. The van der Waals surface area contributed by atoms with Gasteiger partial charge < -0.3 is 27.2 Å². The van der Waals surface area contributed by atoms with Crippen LogP contribution < -0.4 is 32.8 Å². The number of nitrogens with two attached hydrogens (primary N) is 1. The zero-order valence-electron chi connectivity index (χ0n) is 19.2. The van der Waals surface area contributed by atoms with Gasteiger partial charge >= 0.3 is 0 Å². The molecule has 0 saturated heterocycles. The van der Waals surface area contributed by atoms with Crippen molar-refractivity contribution in [2.24, 2.45) is 0 Å². The topological polar surface area (TPSA) is 70.0 Å². The van der Waals surface area contributed by atoms with E-state index in [4.69, 9.17) is 9.47 Å². The van der Waals surface area contributed by atoms with E-state index in [2.05, 4.69) is 10.3 Å². The highest BCUT2D eigenvalue weighted by Crippen LogP contribution is 2.29. The van der Waals surface area contributed by atoms with Crippen LogP contribution in [0.25, 0.3) is 10.9 Å². The summed E-state index contributed by atoms with van der Waals surface area (Å²) in [6.45, 7) is 2.09. The zero-order chi connectivity index (χ0) is 23.3. The average molecular weight is 496 g/mol. The van der Waals surface area contributed by atoms with E-state index in [-0.39, 0.29) is 31.2 Å². The molecule has 0 aliphatic rings. The number of ether oxygens (including phenoxy) is 2. The van der Waals surface area contributed by atoms with Gasteiger partial charge in [0.05, 0.1) is 56.9 Å². The minimum absolute atomic E-state index is 0. The van der Waals surface area contributed by atoms with Crippen LogP contribution in [0.15, 0.2) is 53.6 Å². The lowest BCUT2D eigenvalue weighted by molar-refractivity contribution is -0.654. The number of nitrogens with zero attached hydrogens (tertiary/aromatic N) is 2. The minimum Gasteiger partial charge on any atom is -1.00 e. The van der Waals surface area contributed by atoms with Crippen molar-refractivity contribution in [3.8, 4) is 11.5 Å². The summed E-state index contributed by atoms with van der Waals surface area (Å²) >= 11 is 0. The Balaban J connectivity index is 0.00000408. The Bertz CT molecular complexity index is 1070. The summed E-state index contributed by atoms with van der Waals surface area (Å²) in [5, 5.41) is 2.86. The number of aromatic nitrogens is 2. The summed E-state index contributed by atoms with van der Waals surface area (Å²) in [6, 6.07) is 13.1. The second-order valence-corrected chi connectivity index (χ2v) is 7.79. The fourth-order valence-electron chi connectivity index (χ4n) is 3.50. The monoisotopic (exact) mass is 495 g/mol. The van der Waals surface area contributed by atoms with E-state index in [0.717, 1.165) is 37.0 Å². The maximum absolute atomic E-state index is 12.5. The summed E-state index contributed by atoms with van der Waals surface area (Å²) in [5.74, 6) is 1.13. The molecule has 0 aliphatic heterocycles. The number of halogens is 3. The quantitative estimate of drug-likeness (QED) is 0.303. The van der Waals surface area contributed by atoms with Crippen LogP contribution in [0, 0.1) is 0 Å². The first-order valence-electron chi connectivity index (χ1n) is 11.5. The molecule has 186 valence electrons. The Morgan fingerprint density at radius 3 is 2.41 bits per heavy atom. The molecule has 0 amide bonds. The van der Waals surface area contributed by atoms with Crippen LogP contribution >= 0.6 is 0 Å². The van der Waals surface area contributed by atoms with Crippen LogP contribution in [0.1, 0.15) is 24.8 Å². The van der Waals surface area contributed by atoms with Gasteiger partial charge in [-0.3, -0.25) is 18.1 Å². The Morgan fingerprint density at radius 2 is 1.65 bits per heavy atom. The third-order valence-corrected chi connectivity index (χ3v) is 5.26. The first-order valence-corrected chi connectivity index (χ1v) is 11.5. The van der Waals surface area contributed by atoms with Gasteiger partial charge in [0.2, 0.25) is 0 Å². The van der Waals surface area contributed by atoms with Gasteiger partial charge in [-0.15, -0.1) is 0 Å². The fourth-order valence-corrected chi connectivity index (χ4v) is 3.50. The Morgan fingerprint density at radius 1 is 0.912 bits per heavy atom. The zero-order valence-corrected chi connectivity index (χ0v) is 20.0. The predicted molar refractivity (Wildman–Crippen MR) is 125 cm³/mol. The molecule has 6 nitrogen and oxygen atoms in total. The molecule has 0 spiro atoms. The number of alkyl halides is 2. The molecule has 0 unspecified atom stereocenters. The van der Waals surface area contributed by atoms with E-state index in [1.807, 2.05) is 36.4 Å². The highest BCUT2D eigenvalue weighted by Gasteiger charge is 2.08. The fraction of sp³-hybridized carbons (Fsp3) is 0.440. The molecule has 2 aromatic carbocycles. The summed E-state index contributed by atoms with van der Waals surface area (Å²) in [4.78, 5) is 16.9. The van der Waals surface area contributed by atoms with Gasteiger partial charge in [0, 0.05) is 32.2 Å². The van der Waals surface area contributed by atoms with Crippen molar-refractivity contribution in [3.05, 3.63) is 64.7 Å². The smallest absolute Gasteiger partial charge is 0.261 e. The molecule has 2 N–H and O–H groups in total. The Hall–Kier alpha value is -2.71. The molecule has 0 fully saturated rings. The lowest BCUT2D eigenvalue weighted by Gasteiger charge is -2.14. The minimum atomic E-state index is -0.436. The SMILES string of the molecule is O=c1c2ccccc2ncn1CCC[NH2+]CCc1ccc(OCCCF)c(OCCCF)c1.[Cl-]. The second-order valence-electron chi connectivity index (χ2n) is 7.79. The van der Waals surface area contributed by atoms with Crippen molar-refractivity contribution in [2.75, 3.05) is 39.7 Å². The van der Waals surface area contributed by atoms with Crippen molar-refractivity contribution in [1.29, 1.82) is 0 Å². The van der Waals surface area contributed by atoms with E-state index in [9.17, 15) is 13.6 Å². The third-order valence-electron chi connectivity index (χ3n) is 5.26. The third kappa shape index (κ3) is 8.25.